The zero-order valence-corrected chi connectivity index (χ0v) is 16.9. The Bertz CT molecular complexity index is 580. The molecular weight excluding hydrogens is 324 g/mol. The molecule has 0 aromatic rings. The fraction of sp³-hybridized carbons (Fsp3) is 0.522. The first-order valence-corrected chi connectivity index (χ1v) is 9.90. The number of hydrogen-bond donors (Lipinski definition) is 0. The third-order valence-electron chi connectivity index (χ3n) is 4.56. The van der Waals surface area contributed by atoms with Crippen molar-refractivity contribution in [2.75, 3.05) is 6.61 Å². The second-order valence-electron chi connectivity index (χ2n) is 5.88. The van der Waals surface area contributed by atoms with Crippen LogP contribution >= 0.6 is 0 Å². The Morgan fingerprint density at radius 1 is 1.23 bits per heavy atom. The van der Waals surface area contributed by atoms with E-state index in [0.717, 1.165) is 24.0 Å². The van der Waals surface area contributed by atoms with Crippen LogP contribution in [0.4, 0.5) is 0 Å². The first kappa shape index (κ1) is 22.2. The number of hydrogen-bond acceptors (Lipinski definition) is 3. The van der Waals surface area contributed by atoms with Crippen LogP contribution in [0.5, 0.6) is 0 Å². The van der Waals surface area contributed by atoms with Crippen molar-refractivity contribution < 1.29 is 14.3 Å². The van der Waals surface area contributed by atoms with E-state index < -0.39 is 0 Å². The summed E-state index contributed by atoms with van der Waals surface area (Å²) in [7, 11) is 0. The second-order valence-corrected chi connectivity index (χ2v) is 5.88. The van der Waals surface area contributed by atoms with Crippen LogP contribution in [0.25, 0.3) is 0 Å². The summed E-state index contributed by atoms with van der Waals surface area (Å²) in [5, 5.41) is 0. The molecule has 0 aromatic carbocycles. The number of cyclic esters (lactones) is 1. The minimum atomic E-state index is -0.246. The van der Waals surface area contributed by atoms with Crippen LogP contribution in [0.15, 0.2) is 60.3 Å². The van der Waals surface area contributed by atoms with Crippen LogP contribution < -0.4 is 0 Å². The standard InChI is InChI=1S/C19H22O3.2C2H6/c1-3-5-9-13(4-2)18-16-15(12-21-18)17(22-19(16)20)14-10-7-6-8-11-14;2*1-2/h3-5,7,9-11,15-18H,2,6,8,12H2,1H3;2*1-2H3/b5-3-,13-9+;;. The number of esters is 1. The molecule has 0 spiro atoms. The number of carbonyl (C=O) groups excluding carboxylic acids is 1. The molecule has 3 heteroatoms. The fourth-order valence-corrected chi connectivity index (χ4v) is 3.46. The molecule has 3 aliphatic rings. The zero-order chi connectivity index (χ0) is 19.5. The van der Waals surface area contributed by atoms with Crippen LogP contribution in [0.1, 0.15) is 47.5 Å². The number of fused-ring (bicyclic) bond motifs is 1. The lowest BCUT2D eigenvalue weighted by atomic mass is 9.83. The van der Waals surface area contributed by atoms with Gasteiger partial charge in [0.15, 0.2) is 0 Å². The third-order valence-corrected chi connectivity index (χ3v) is 4.56. The van der Waals surface area contributed by atoms with Crippen LogP contribution in [-0.4, -0.2) is 24.8 Å². The van der Waals surface area contributed by atoms with E-state index in [4.69, 9.17) is 9.47 Å². The van der Waals surface area contributed by atoms with Gasteiger partial charge in [-0.25, -0.2) is 0 Å². The minimum Gasteiger partial charge on any atom is -0.457 e. The monoisotopic (exact) mass is 358 g/mol. The maximum Gasteiger partial charge on any atom is 0.313 e. The van der Waals surface area contributed by atoms with Gasteiger partial charge in [-0.15, -0.1) is 0 Å². The van der Waals surface area contributed by atoms with Crippen molar-refractivity contribution in [2.45, 2.75) is 59.7 Å². The highest BCUT2D eigenvalue weighted by atomic mass is 16.6. The Kier molecular flexibility index (Phi) is 9.97. The predicted molar refractivity (Wildman–Crippen MR) is 109 cm³/mol. The van der Waals surface area contributed by atoms with Gasteiger partial charge in [0, 0.05) is 5.92 Å². The van der Waals surface area contributed by atoms with Gasteiger partial charge in [-0.05, 0) is 30.9 Å². The summed E-state index contributed by atoms with van der Waals surface area (Å²) in [5.74, 6) is -0.276. The van der Waals surface area contributed by atoms with Crippen LogP contribution in [0.2, 0.25) is 0 Å². The van der Waals surface area contributed by atoms with Crippen molar-refractivity contribution >= 4 is 5.97 Å². The van der Waals surface area contributed by atoms with E-state index >= 15 is 0 Å². The van der Waals surface area contributed by atoms with Crippen LogP contribution in [-0.2, 0) is 14.3 Å². The highest BCUT2D eigenvalue weighted by Gasteiger charge is 2.54. The van der Waals surface area contributed by atoms with Gasteiger partial charge in [-0.3, -0.25) is 4.79 Å². The molecule has 4 unspecified atom stereocenters. The summed E-state index contributed by atoms with van der Waals surface area (Å²) in [6.45, 7) is 14.4. The summed E-state index contributed by atoms with van der Waals surface area (Å²) in [6.07, 6.45) is 15.7. The Balaban J connectivity index is 0.000000791. The first-order chi connectivity index (χ1) is 12.8. The Labute approximate surface area is 159 Å². The zero-order valence-electron chi connectivity index (χ0n) is 16.9. The molecule has 3 nitrogen and oxygen atoms in total. The van der Waals surface area contributed by atoms with Crippen molar-refractivity contribution in [3.8, 4) is 0 Å². The van der Waals surface area contributed by atoms with Crippen molar-refractivity contribution in [3.63, 3.8) is 0 Å². The van der Waals surface area contributed by atoms with Gasteiger partial charge >= 0.3 is 5.97 Å². The Hall–Kier alpha value is -1.87. The summed E-state index contributed by atoms with van der Waals surface area (Å²) in [5.41, 5.74) is 2.06. The van der Waals surface area contributed by atoms with Gasteiger partial charge in [0.05, 0.1) is 18.6 Å². The average Bonchev–Trinajstić information content (AvgIpc) is 3.28. The molecule has 0 saturated carbocycles. The molecule has 0 radical (unpaired) electrons. The van der Waals surface area contributed by atoms with E-state index in [-0.39, 0.29) is 30.0 Å². The van der Waals surface area contributed by atoms with Gasteiger partial charge in [0.25, 0.3) is 0 Å². The normalized spacial score (nSPS) is 29.8. The smallest absolute Gasteiger partial charge is 0.313 e. The molecule has 1 aliphatic carbocycles. The molecule has 0 bridgehead atoms. The largest absolute Gasteiger partial charge is 0.457 e. The summed E-state index contributed by atoms with van der Waals surface area (Å²) < 4.78 is 11.6. The molecular formula is C23H34O3. The summed E-state index contributed by atoms with van der Waals surface area (Å²) in [4.78, 5) is 12.4. The van der Waals surface area contributed by atoms with Crippen molar-refractivity contribution in [2.24, 2.45) is 11.8 Å². The van der Waals surface area contributed by atoms with E-state index in [0.29, 0.717) is 6.61 Å². The van der Waals surface area contributed by atoms with Gasteiger partial charge in [0.2, 0.25) is 0 Å². The van der Waals surface area contributed by atoms with Crippen LogP contribution in [0.3, 0.4) is 0 Å². The molecule has 26 heavy (non-hydrogen) atoms. The molecule has 0 amide bonds. The van der Waals surface area contributed by atoms with Crippen molar-refractivity contribution in [1.29, 1.82) is 0 Å². The number of ether oxygens (including phenoxy) is 2. The Morgan fingerprint density at radius 3 is 2.54 bits per heavy atom. The summed E-state index contributed by atoms with van der Waals surface area (Å²) in [6, 6.07) is 0. The van der Waals surface area contributed by atoms with Gasteiger partial charge in [0.1, 0.15) is 6.10 Å². The molecule has 2 saturated heterocycles. The lowest BCUT2D eigenvalue weighted by Crippen LogP contribution is -2.25. The van der Waals surface area contributed by atoms with Gasteiger partial charge in [-0.2, -0.15) is 0 Å². The average molecular weight is 359 g/mol. The highest BCUT2D eigenvalue weighted by molar-refractivity contribution is 5.78. The van der Waals surface area contributed by atoms with E-state index in [1.807, 2.05) is 52.8 Å². The molecule has 4 atom stereocenters. The highest BCUT2D eigenvalue weighted by Crippen LogP contribution is 2.43. The maximum absolute atomic E-state index is 12.4. The topological polar surface area (TPSA) is 35.5 Å². The lowest BCUT2D eigenvalue weighted by Gasteiger charge is -2.18. The molecule has 2 fully saturated rings. The molecule has 144 valence electrons. The third kappa shape index (κ3) is 4.85. The molecule has 2 heterocycles. The molecule has 3 rings (SSSR count). The van der Waals surface area contributed by atoms with Gasteiger partial charge < -0.3 is 9.47 Å². The molecule has 0 N–H and O–H groups in total. The SMILES string of the molecule is C=C/C(=C\C=C/C)C1OCC2C(C3=CCCC=C3)OC(=O)C12.CC.CC. The van der Waals surface area contributed by atoms with Crippen molar-refractivity contribution in [3.05, 3.63) is 60.3 Å². The van der Waals surface area contributed by atoms with E-state index in [1.165, 1.54) is 0 Å². The quantitative estimate of drug-likeness (QED) is 0.487. The predicted octanol–water partition coefficient (Wildman–Crippen LogP) is 5.56. The number of allylic oxidation sites excluding steroid dienone is 5. The van der Waals surface area contributed by atoms with E-state index in [2.05, 4.69) is 24.8 Å². The van der Waals surface area contributed by atoms with E-state index in [1.54, 1.807) is 6.08 Å². The first-order valence-electron chi connectivity index (χ1n) is 9.90. The summed E-state index contributed by atoms with van der Waals surface area (Å²) >= 11 is 0. The Morgan fingerprint density at radius 2 is 1.96 bits per heavy atom. The second kappa shape index (κ2) is 11.7. The fourth-order valence-electron chi connectivity index (χ4n) is 3.46. The minimum absolute atomic E-state index is 0.0976. The molecule has 0 aromatic heterocycles. The maximum atomic E-state index is 12.4. The van der Waals surface area contributed by atoms with Gasteiger partial charge in [-0.1, -0.05) is 76.8 Å². The number of carbonyl (C=O) groups is 1. The lowest BCUT2D eigenvalue weighted by molar-refractivity contribution is -0.145. The van der Waals surface area contributed by atoms with Crippen LogP contribution in [0, 0.1) is 11.8 Å². The molecule has 2 aliphatic heterocycles. The number of rotatable bonds is 4. The van der Waals surface area contributed by atoms with Crippen molar-refractivity contribution in [1.82, 2.24) is 0 Å². The van der Waals surface area contributed by atoms with E-state index in [9.17, 15) is 4.79 Å².